The Morgan fingerprint density at radius 1 is 1.27 bits per heavy atom. The van der Waals surface area contributed by atoms with Gasteiger partial charge in [-0.05, 0) is 26.0 Å². The molecule has 0 bridgehead atoms. The Kier molecular flexibility index (Phi) is 4.04. The summed E-state index contributed by atoms with van der Waals surface area (Å²) >= 11 is 1.43. The van der Waals surface area contributed by atoms with Crippen molar-refractivity contribution in [2.24, 2.45) is 0 Å². The van der Waals surface area contributed by atoms with Gasteiger partial charge in [-0.25, -0.2) is 9.97 Å². The number of rotatable bonds is 4. The Bertz CT molecular complexity index is 1190. The van der Waals surface area contributed by atoms with Gasteiger partial charge in [0.15, 0.2) is 4.96 Å². The van der Waals surface area contributed by atoms with E-state index in [0.29, 0.717) is 35.0 Å². The predicted octanol–water partition coefficient (Wildman–Crippen LogP) is 1.99. The minimum atomic E-state index is -0.179. The lowest BCUT2D eigenvalue weighted by atomic mass is 10.3. The summed E-state index contributed by atoms with van der Waals surface area (Å²) in [4.78, 5) is 34.2. The normalized spacial score (nSPS) is 11.3. The van der Waals surface area contributed by atoms with Gasteiger partial charge in [0.1, 0.15) is 11.3 Å². The van der Waals surface area contributed by atoms with E-state index in [4.69, 9.17) is 0 Å². The highest BCUT2D eigenvalue weighted by Crippen LogP contribution is 2.14. The van der Waals surface area contributed by atoms with Crippen LogP contribution in [0.4, 0.5) is 0 Å². The van der Waals surface area contributed by atoms with Gasteiger partial charge in [0.05, 0.1) is 5.69 Å². The molecule has 132 valence electrons. The van der Waals surface area contributed by atoms with Crippen LogP contribution in [0.3, 0.4) is 0 Å². The zero-order valence-corrected chi connectivity index (χ0v) is 15.2. The molecule has 0 atom stereocenters. The van der Waals surface area contributed by atoms with E-state index in [9.17, 15) is 9.59 Å². The molecule has 4 aromatic heterocycles. The van der Waals surface area contributed by atoms with Crippen LogP contribution in [0.1, 0.15) is 27.6 Å². The molecular formula is C18H17N5O2S. The van der Waals surface area contributed by atoms with E-state index in [1.165, 1.54) is 17.4 Å². The molecule has 0 saturated heterocycles. The fourth-order valence-corrected chi connectivity index (χ4v) is 4.01. The molecule has 0 aliphatic rings. The van der Waals surface area contributed by atoms with E-state index in [2.05, 4.69) is 15.3 Å². The highest BCUT2D eigenvalue weighted by Gasteiger charge is 2.16. The summed E-state index contributed by atoms with van der Waals surface area (Å²) in [6.07, 6.45) is 2.37. The maximum atomic E-state index is 12.6. The van der Waals surface area contributed by atoms with E-state index >= 15 is 0 Å². The first-order valence-corrected chi connectivity index (χ1v) is 9.11. The number of aromatic nitrogens is 4. The second kappa shape index (κ2) is 6.38. The molecule has 4 heterocycles. The van der Waals surface area contributed by atoms with Gasteiger partial charge < -0.3 is 5.32 Å². The Labute approximate surface area is 153 Å². The first-order chi connectivity index (χ1) is 12.5. The van der Waals surface area contributed by atoms with Gasteiger partial charge in [0, 0.05) is 42.0 Å². The summed E-state index contributed by atoms with van der Waals surface area (Å²) in [5.74, 6) is -0.179. The average Bonchev–Trinajstić information content (AvgIpc) is 3.14. The van der Waals surface area contributed by atoms with Gasteiger partial charge in [-0.1, -0.05) is 6.07 Å². The zero-order chi connectivity index (χ0) is 18.3. The molecule has 0 saturated carbocycles. The van der Waals surface area contributed by atoms with Crippen LogP contribution in [0, 0.1) is 13.8 Å². The zero-order valence-electron chi connectivity index (χ0n) is 14.4. The third-order valence-corrected chi connectivity index (χ3v) is 5.06. The van der Waals surface area contributed by atoms with Gasteiger partial charge in [-0.3, -0.25) is 18.4 Å². The molecule has 0 unspecified atom stereocenters. The number of aryl methyl sites for hydroxylation is 2. The molecule has 0 spiro atoms. The Hall–Kier alpha value is -3.00. The van der Waals surface area contributed by atoms with Crippen LogP contribution in [0.2, 0.25) is 0 Å². The lowest BCUT2D eigenvalue weighted by molar-refractivity contribution is 0.0947. The molecule has 4 rings (SSSR count). The van der Waals surface area contributed by atoms with Crippen molar-refractivity contribution >= 4 is 27.9 Å². The molecule has 0 radical (unpaired) electrons. The van der Waals surface area contributed by atoms with Crippen LogP contribution in [0.5, 0.6) is 0 Å². The number of nitrogens with one attached hydrogen (secondary N) is 1. The van der Waals surface area contributed by atoms with Crippen molar-refractivity contribution in [2.45, 2.75) is 20.3 Å². The number of hydrogen-bond donors (Lipinski definition) is 1. The van der Waals surface area contributed by atoms with Crippen molar-refractivity contribution in [1.82, 2.24) is 24.1 Å². The monoisotopic (exact) mass is 367 g/mol. The highest BCUT2D eigenvalue weighted by atomic mass is 32.1. The summed E-state index contributed by atoms with van der Waals surface area (Å²) in [6, 6.07) is 7.13. The standard InChI is InChI=1S/C18H17N5O2S/c1-11-9-15(24)23-13(10-26-18(23)20-11)6-7-19-17(25)16-12(2)21-14-5-3-4-8-22(14)16/h3-5,8-10H,6-7H2,1-2H3,(H,19,25). The van der Waals surface area contributed by atoms with Crippen LogP contribution in [0.25, 0.3) is 10.6 Å². The number of carbonyl (C=O) groups is 1. The van der Waals surface area contributed by atoms with Crippen molar-refractivity contribution < 1.29 is 4.79 Å². The van der Waals surface area contributed by atoms with Crippen LogP contribution < -0.4 is 10.9 Å². The van der Waals surface area contributed by atoms with Crippen molar-refractivity contribution in [1.29, 1.82) is 0 Å². The molecule has 26 heavy (non-hydrogen) atoms. The van der Waals surface area contributed by atoms with Crippen LogP contribution in [-0.2, 0) is 6.42 Å². The largest absolute Gasteiger partial charge is 0.350 e. The molecule has 8 heteroatoms. The van der Waals surface area contributed by atoms with Gasteiger partial charge in [0.25, 0.3) is 11.5 Å². The third kappa shape index (κ3) is 2.78. The van der Waals surface area contributed by atoms with Crippen LogP contribution >= 0.6 is 11.3 Å². The number of imidazole rings is 1. The summed E-state index contributed by atoms with van der Waals surface area (Å²) in [7, 11) is 0. The van der Waals surface area contributed by atoms with Crippen molar-refractivity contribution in [3.63, 3.8) is 0 Å². The third-order valence-electron chi connectivity index (χ3n) is 4.19. The highest BCUT2D eigenvalue weighted by molar-refractivity contribution is 7.15. The molecule has 7 nitrogen and oxygen atoms in total. The van der Waals surface area contributed by atoms with E-state index in [-0.39, 0.29) is 11.5 Å². The second-order valence-electron chi connectivity index (χ2n) is 6.06. The first-order valence-electron chi connectivity index (χ1n) is 8.23. The summed E-state index contributed by atoms with van der Waals surface area (Å²) < 4.78 is 3.38. The van der Waals surface area contributed by atoms with Crippen LogP contribution in [0.15, 0.2) is 40.6 Å². The first kappa shape index (κ1) is 16.5. The SMILES string of the molecule is Cc1cc(=O)n2c(CCNC(=O)c3c(C)nc4ccccn34)csc2n1. The summed E-state index contributed by atoms with van der Waals surface area (Å²) in [6.45, 7) is 4.05. The maximum Gasteiger partial charge on any atom is 0.270 e. The fraction of sp³-hybridized carbons (Fsp3) is 0.222. The van der Waals surface area contributed by atoms with Crippen molar-refractivity contribution in [2.75, 3.05) is 6.54 Å². The van der Waals surface area contributed by atoms with E-state index in [0.717, 1.165) is 11.3 Å². The van der Waals surface area contributed by atoms with E-state index in [1.807, 2.05) is 36.7 Å². The van der Waals surface area contributed by atoms with Gasteiger partial charge >= 0.3 is 0 Å². The van der Waals surface area contributed by atoms with E-state index in [1.54, 1.807) is 15.7 Å². The van der Waals surface area contributed by atoms with Crippen LogP contribution in [-0.4, -0.2) is 31.2 Å². The minimum Gasteiger partial charge on any atom is -0.350 e. The lowest BCUT2D eigenvalue weighted by Gasteiger charge is -2.06. The van der Waals surface area contributed by atoms with E-state index < -0.39 is 0 Å². The molecule has 0 aliphatic carbocycles. The number of nitrogens with zero attached hydrogens (tertiary/aromatic N) is 4. The quantitative estimate of drug-likeness (QED) is 0.598. The number of carbonyl (C=O) groups excluding carboxylic acids is 1. The molecule has 1 N–H and O–H groups in total. The second-order valence-corrected chi connectivity index (χ2v) is 6.90. The molecule has 0 aliphatic heterocycles. The molecular weight excluding hydrogens is 350 g/mol. The Balaban J connectivity index is 1.52. The molecule has 0 fully saturated rings. The number of hydrogen-bond acceptors (Lipinski definition) is 5. The molecule has 0 aromatic carbocycles. The van der Waals surface area contributed by atoms with Crippen molar-refractivity contribution in [3.8, 4) is 0 Å². The topological polar surface area (TPSA) is 80.8 Å². The van der Waals surface area contributed by atoms with Crippen molar-refractivity contribution in [3.05, 3.63) is 69.0 Å². The van der Waals surface area contributed by atoms with Gasteiger partial charge in [-0.15, -0.1) is 11.3 Å². The number of fused-ring (bicyclic) bond motifs is 2. The number of pyridine rings is 1. The maximum absolute atomic E-state index is 12.6. The summed E-state index contributed by atoms with van der Waals surface area (Å²) in [5, 5.41) is 4.83. The Morgan fingerprint density at radius 3 is 2.96 bits per heavy atom. The molecule has 4 aromatic rings. The van der Waals surface area contributed by atoms with Gasteiger partial charge in [-0.2, -0.15) is 0 Å². The average molecular weight is 367 g/mol. The predicted molar refractivity (Wildman–Crippen MR) is 100 cm³/mol. The molecule has 1 amide bonds. The van der Waals surface area contributed by atoms with Gasteiger partial charge in [0.2, 0.25) is 0 Å². The summed E-state index contributed by atoms with van der Waals surface area (Å²) in [5.41, 5.74) is 3.42. The number of thiazole rings is 1. The minimum absolute atomic E-state index is 0.0901. The smallest absolute Gasteiger partial charge is 0.270 e. The Morgan fingerprint density at radius 2 is 2.12 bits per heavy atom. The number of amides is 1. The fourth-order valence-electron chi connectivity index (χ4n) is 3.03. The lowest BCUT2D eigenvalue weighted by Crippen LogP contribution is -2.28.